The molecule has 1 unspecified atom stereocenters. The lowest BCUT2D eigenvalue weighted by atomic mass is 10.2. The lowest BCUT2D eigenvalue weighted by molar-refractivity contribution is 0.0695. The van der Waals surface area contributed by atoms with Gasteiger partial charge in [0.15, 0.2) is 0 Å². The van der Waals surface area contributed by atoms with E-state index in [1.807, 2.05) is 36.2 Å². The van der Waals surface area contributed by atoms with Crippen LogP contribution < -0.4 is 4.90 Å². The summed E-state index contributed by atoms with van der Waals surface area (Å²) in [7, 11) is 3.48. The Hall–Kier alpha value is -1.10. The molecule has 0 amide bonds. The second kappa shape index (κ2) is 6.48. The van der Waals surface area contributed by atoms with Crippen LogP contribution in [0.3, 0.4) is 0 Å². The Balaban J connectivity index is 2.55. The predicted molar refractivity (Wildman–Crippen MR) is 63.5 cm³/mol. The third-order valence-corrected chi connectivity index (χ3v) is 2.40. The Kier molecular flexibility index (Phi) is 5.25. The lowest BCUT2D eigenvalue weighted by Crippen LogP contribution is -2.31. The normalized spacial score (nSPS) is 12.5. The van der Waals surface area contributed by atoms with Crippen molar-refractivity contribution < 1.29 is 14.9 Å². The molecular formula is C12H19NO3. The summed E-state index contributed by atoms with van der Waals surface area (Å²) in [6.45, 7) is 0.904. The van der Waals surface area contributed by atoms with E-state index >= 15 is 0 Å². The second-order valence-electron chi connectivity index (χ2n) is 3.81. The molecule has 0 spiro atoms. The quantitative estimate of drug-likeness (QED) is 0.745. The molecule has 4 nitrogen and oxygen atoms in total. The van der Waals surface area contributed by atoms with Gasteiger partial charge in [0, 0.05) is 26.4 Å². The van der Waals surface area contributed by atoms with Gasteiger partial charge in [0.25, 0.3) is 0 Å². The van der Waals surface area contributed by atoms with E-state index in [2.05, 4.69) is 0 Å². The van der Waals surface area contributed by atoms with Crippen molar-refractivity contribution in [1.82, 2.24) is 0 Å². The minimum absolute atomic E-state index is 0.0519. The Morgan fingerprint density at radius 1 is 1.31 bits per heavy atom. The molecular weight excluding hydrogens is 206 g/mol. The third kappa shape index (κ3) is 3.81. The Bertz CT molecular complexity index is 300. The molecule has 0 aromatic heterocycles. The van der Waals surface area contributed by atoms with Crippen LogP contribution >= 0.6 is 0 Å². The minimum Gasteiger partial charge on any atom is -0.392 e. The summed E-state index contributed by atoms with van der Waals surface area (Å²) >= 11 is 0. The zero-order valence-electron chi connectivity index (χ0n) is 9.76. The van der Waals surface area contributed by atoms with Gasteiger partial charge in [-0.25, -0.2) is 0 Å². The van der Waals surface area contributed by atoms with Crippen molar-refractivity contribution in [2.75, 3.05) is 32.2 Å². The monoisotopic (exact) mass is 225 g/mol. The first kappa shape index (κ1) is 13.0. The first-order valence-electron chi connectivity index (χ1n) is 5.25. The molecule has 0 radical (unpaired) electrons. The van der Waals surface area contributed by atoms with E-state index in [0.717, 1.165) is 11.3 Å². The van der Waals surface area contributed by atoms with Gasteiger partial charge in [0.2, 0.25) is 0 Å². The topological polar surface area (TPSA) is 52.9 Å². The first-order valence-corrected chi connectivity index (χ1v) is 5.25. The van der Waals surface area contributed by atoms with Crippen molar-refractivity contribution >= 4 is 5.69 Å². The van der Waals surface area contributed by atoms with Gasteiger partial charge >= 0.3 is 0 Å². The van der Waals surface area contributed by atoms with Gasteiger partial charge in [-0.2, -0.15) is 0 Å². The molecule has 1 rings (SSSR count). The van der Waals surface area contributed by atoms with Crippen molar-refractivity contribution in [3.63, 3.8) is 0 Å². The molecule has 0 aliphatic heterocycles. The van der Waals surface area contributed by atoms with Crippen LogP contribution in [0.5, 0.6) is 0 Å². The van der Waals surface area contributed by atoms with Gasteiger partial charge in [0.1, 0.15) is 0 Å². The minimum atomic E-state index is -0.493. The maximum absolute atomic E-state index is 9.58. The fourth-order valence-electron chi connectivity index (χ4n) is 1.52. The second-order valence-corrected chi connectivity index (χ2v) is 3.81. The molecule has 16 heavy (non-hydrogen) atoms. The highest BCUT2D eigenvalue weighted by molar-refractivity contribution is 5.46. The molecule has 90 valence electrons. The van der Waals surface area contributed by atoms with Gasteiger partial charge in [-0.3, -0.25) is 0 Å². The molecule has 2 N–H and O–H groups in total. The molecule has 0 fully saturated rings. The van der Waals surface area contributed by atoms with E-state index in [4.69, 9.17) is 9.84 Å². The number of aliphatic hydroxyl groups excluding tert-OH is 2. The van der Waals surface area contributed by atoms with Crippen LogP contribution in [-0.2, 0) is 11.3 Å². The number of ether oxygens (including phenoxy) is 1. The highest BCUT2D eigenvalue weighted by atomic mass is 16.5. The highest BCUT2D eigenvalue weighted by Gasteiger charge is 2.08. The van der Waals surface area contributed by atoms with Gasteiger partial charge in [-0.1, -0.05) is 12.1 Å². The van der Waals surface area contributed by atoms with E-state index in [1.165, 1.54) is 0 Å². The lowest BCUT2D eigenvalue weighted by Gasteiger charge is -2.22. The molecule has 1 aromatic rings. The number of likely N-dealkylation sites (N-methyl/N-ethyl adjacent to an activating group) is 1. The summed E-state index contributed by atoms with van der Waals surface area (Å²) in [6.07, 6.45) is -0.493. The number of nitrogens with zero attached hydrogens (tertiary/aromatic N) is 1. The average Bonchev–Trinajstić information content (AvgIpc) is 2.29. The summed E-state index contributed by atoms with van der Waals surface area (Å²) in [4.78, 5) is 1.95. The summed E-state index contributed by atoms with van der Waals surface area (Å²) in [6, 6.07) is 7.58. The summed E-state index contributed by atoms with van der Waals surface area (Å²) in [5.74, 6) is 0. The van der Waals surface area contributed by atoms with E-state index in [9.17, 15) is 5.11 Å². The van der Waals surface area contributed by atoms with E-state index in [0.29, 0.717) is 13.2 Å². The van der Waals surface area contributed by atoms with Crippen molar-refractivity contribution in [2.24, 2.45) is 0 Å². The van der Waals surface area contributed by atoms with E-state index in [1.54, 1.807) is 7.11 Å². The van der Waals surface area contributed by atoms with Crippen LogP contribution in [0.25, 0.3) is 0 Å². The molecule has 0 aliphatic carbocycles. The number of benzene rings is 1. The third-order valence-electron chi connectivity index (χ3n) is 2.40. The molecule has 0 saturated carbocycles. The van der Waals surface area contributed by atoms with Crippen molar-refractivity contribution in [2.45, 2.75) is 12.7 Å². The Morgan fingerprint density at radius 2 is 1.94 bits per heavy atom. The van der Waals surface area contributed by atoms with Crippen LogP contribution in [0.4, 0.5) is 5.69 Å². The fraction of sp³-hybridized carbons (Fsp3) is 0.500. The van der Waals surface area contributed by atoms with Crippen LogP contribution in [0, 0.1) is 0 Å². The van der Waals surface area contributed by atoms with Crippen molar-refractivity contribution in [3.05, 3.63) is 29.8 Å². The van der Waals surface area contributed by atoms with Crippen LogP contribution in [0.15, 0.2) is 24.3 Å². The number of anilines is 1. The molecule has 0 aliphatic rings. The van der Waals surface area contributed by atoms with E-state index in [-0.39, 0.29) is 6.61 Å². The average molecular weight is 225 g/mol. The van der Waals surface area contributed by atoms with E-state index < -0.39 is 6.10 Å². The number of aliphatic hydroxyl groups is 2. The number of rotatable bonds is 6. The van der Waals surface area contributed by atoms with Crippen LogP contribution in [0.2, 0.25) is 0 Å². The smallest absolute Gasteiger partial charge is 0.0947 e. The summed E-state index contributed by atoms with van der Waals surface area (Å²) in [5.41, 5.74) is 1.89. The molecule has 0 heterocycles. The van der Waals surface area contributed by atoms with Gasteiger partial charge < -0.3 is 19.8 Å². The number of methoxy groups -OCH3 is 1. The maximum atomic E-state index is 9.58. The predicted octanol–water partition coefficient (Wildman–Crippen LogP) is 0.622. The largest absolute Gasteiger partial charge is 0.392 e. The standard InChI is InChI=1S/C12H19NO3/c1-13(7-12(15)9-16-2)11-5-3-10(8-14)4-6-11/h3-6,12,14-15H,7-9H2,1-2H3. The van der Waals surface area contributed by atoms with Crippen molar-refractivity contribution in [1.29, 1.82) is 0 Å². The van der Waals surface area contributed by atoms with Gasteiger partial charge in [0.05, 0.1) is 19.3 Å². The van der Waals surface area contributed by atoms with Crippen molar-refractivity contribution in [3.8, 4) is 0 Å². The highest BCUT2D eigenvalue weighted by Crippen LogP contribution is 2.14. The fourth-order valence-corrected chi connectivity index (χ4v) is 1.52. The zero-order chi connectivity index (χ0) is 12.0. The molecule has 0 saturated heterocycles. The maximum Gasteiger partial charge on any atom is 0.0947 e. The van der Waals surface area contributed by atoms with Crippen LogP contribution in [-0.4, -0.2) is 43.6 Å². The Morgan fingerprint density at radius 3 is 2.44 bits per heavy atom. The first-order chi connectivity index (χ1) is 7.67. The molecule has 1 aromatic carbocycles. The summed E-state index contributed by atoms with van der Waals surface area (Å²) < 4.78 is 4.87. The van der Waals surface area contributed by atoms with Gasteiger partial charge in [-0.05, 0) is 17.7 Å². The van der Waals surface area contributed by atoms with Crippen LogP contribution in [0.1, 0.15) is 5.56 Å². The number of hydrogen-bond acceptors (Lipinski definition) is 4. The Labute approximate surface area is 96.1 Å². The van der Waals surface area contributed by atoms with Gasteiger partial charge in [-0.15, -0.1) is 0 Å². The number of hydrogen-bond donors (Lipinski definition) is 2. The zero-order valence-corrected chi connectivity index (χ0v) is 9.76. The SMILES string of the molecule is COCC(O)CN(C)c1ccc(CO)cc1. The molecule has 1 atom stereocenters. The molecule has 0 bridgehead atoms. The molecule has 4 heteroatoms. The summed E-state index contributed by atoms with van der Waals surface area (Å²) in [5, 5.41) is 18.5.